The summed E-state index contributed by atoms with van der Waals surface area (Å²) in [4.78, 5) is 12.6. The van der Waals surface area contributed by atoms with Crippen LogP contribution >= 0.6 is 11.3 Å². The Morgan fingerprint density at radius 1 is 1.29 bits per heavy atom. The Labute approximate surface area is 133 Å². The summed E-state index contributed by atoms with van der Waals surface area (Å²) >= 11 is 1.45. The minimum atomic E-state index is -0.252. The Kier molecular flexibility index (Phi) is 12.3. The van der Waals surface area contributed by atoms with Gasteiger partial charge in [-0.2, -0.15) is 0 Å². The highest BCUT2D eigenvalue weighted by Gasteiger charge is 2.10. The summed E-state index contributed by atoms with van der Waals surface area (Å²) < 4.78 is 9.72. The van der Waals surface area contributed by atoms with Gasteiger partial charge in [0, 0.05) is 18.1 Å². The largest absolute Gasteiger partial charge is 0.465 e. The van der Waals surface area contributed by atoms with E-state index in [1.54, 1.807) is 6.07 Å². The quantitative estimate of drug-likeness (QED) is 0.714. The van der Waals surface area contributed by atoms with Gasteiger partial charge in [-0.1, -0.05) is 33.6 Å². The van der Waals surface area contributed by atoms with Crippen LogP contribution in [0.4, 0.5) is 0 Å². The number of hydrogen-bond acceptors (Lipinski definition) is 4. The maximum absolute atomic E-state index is 10.8. The highest BCUT2D eigenvalue weighted by atomic mass is 32.1. The van der Waals surface area contributed by atoms with Gasteiger partial charge in [0.25, 0.3) is 0 Å². The van der Waals surface area contributed by atoms with Crippen LogP contribution in [0.3, 0.4) is 0 Å². The highest BCUT2D eigenvalue weighted by molar-refractivity contribution is 7.13. The Balaban J connectivity index is 0.000000327. The molecule has 1 aliphatic heterocycles. The van der Waals surface area contributed by atoms with Crippen LogP contribution in [0.15, 0.2) is 12.1 Å². The summed E-state index contributed by atoms with van der Waals surface area (Å²) in [7, 11) is 1.39. The third-order valence-corrected chi connectivity index (χ3v) is 4.03. The summed E-state index contributed by atoms with van der Waals surface area (Å²) in [5, 5.41) is 0. The average molecular weight is 314 g/mol. The molecule has 0 aromatic carbocycles. The first-order valence-electron chi connectivity index (χ1n) is 7.81. The Hall–Kier alpha value is -0.870. The van der Waals surface area contributed by atoms with Gasteiger partial charge in [0.2, 0.25) is 0 Å². The molecule has 1 fully saturated rings. The molecule has 3 nitrogen and oxygen atoms in total. The fourth-order valence-electron chi connectivity index (χ4n) is 1.80. The molecule has 2 heterocycles. The molecule has 0 saturated carbocycles. The van der Waals surface area contributed by atoms with E-state index < -0.39 is 0 Å². The lowest BCUT2D eigenvalue weighted by Gasteiger charge is -2.19. The molecular formula is C17H30O3S. The molecule has 0 atom stereocenters. The van der Waals surface area contributed by atoms with Crippen LogP contribution in [-0.2, 0) is 9.47 Å². The van der Waals surface area contributed by atoms with Crippen LogP contribution < -0.4 is 0 Å². The average Bonchev–Trinajstić information content (AvgIpc) is 2.95. The van der Waals surface area contributed by atoms with E-state index in [0.717, 1.165) is 24.0 Å². The van der Waals surface area contributed by atoms with Crippen molar-refractivity contribution in [2.24, 2.45) is 5.92 Å². The third kappa shape index (κ3) is 9.64. The zero-order valence-corrected chi connectivity index (χ0v) is 14.9. The first kappa shape index (κ1) is 20.1. The van der Waals surface area contributed by atoms with Crippen LogP contribution in [0.1, 0.15) is 61.0 Å². The first-order chi connectivity index (χ1) is 10.1. The summed E-state index contributed by atoms with van der Waals surface area (Å²) in [5.74, 6) is 0.710. The van der Waals surface area contributed by atoms with E-state index in [1.165, 1.54) is 44.1 Å². The van der Waals surface area contributed by atoms with Gasteiger partial charge in [0.05, 0.1) is 7.11 Å². The predicted octanol–water partition coefficient (Wildman–Crippen LogP) is 5.08. The predicted molar refractivity (Wildman–Crippen MR) is 90.2 cm³/mol. The lowest BCUT2D eigenvalue weighted by Crippen LogP contribution is -2.14. The van der Waals surface area contributed by atoms with E-state index in [4.69, 9.17) is 4.74 Å². The van der Waals surface area contributed by atoms with Crippen LogP contribution in [0.25, 0.3) is 0 Å². The fourth-order valence-corrected chi connectivity index (χ4v) is 2.59. The van der Waals surface area contributed by atoms with Crippen molar-refractivity contribution >= 4 is 17.3 Å². The summed E-state index contributed by atoms with van der Waals surface area (Å²) in [6, 6.07) is 3.67. The van der Waals surface area contributed by atoms with Crippen molar-refractivity contribution in [3.05, 3.63) is 21.9 Å². The van der Waals surface area contributed by atoms with Gasteiger partial charge < -0.3 is 9.47 Å². The first-order valence-corrected chi connectivity index (χ1v) is 8.63. The third-order valence-electron chi connectivity index (χ3n) is 3.05. The molecule has 0 spiro atoms. The van der Waals surface area contributed by atoms with Crippen molar-refractivity contribution in [2.45, 2.75) is 53.4 Å². The minimum Gasteiger partial charge on any atom is -0.465 e. The molecule has 1 aliphatic rings. The number of rotatable bonds is 2. The maximum atomic E-state index is 10.8. The molecule has 2 rings (SSSR count). The zero-order valence-electron chi connectivity index (χ0n) is 14.1. The zero-order chi connectivity index (χ0) is 16.1. The number of thiophene rings is 1. The van der Waals surface area contributed by atoms with Crippen molar-refractivity contribution in [1.82, 2.24) is 0 Å². The standard InChI is InChI=1S/C7H8O2S.C7H14O.C3H8/c1-5-3-4-6(10-5)7(8)9-2;1-2-7-3-5-8-6-4-7;1-3-2/h3-4H,1-2H3;7H,2-6H2,1H3;3H2,1-2H3. The lowest BCUT2D eigenvalue weighted by molar-refractivity contribution is 0.0606. The van der Waals surface area contributed by atoms with Gasteiger partial charge in [-0.15, -0.1) is 11.3 Å². The van der Waals surface area contributed by atoms with Gasteiger partial charge in [-0.25, -0.2) is 4.79 Å². The van der Waals surface area contributed by atoms with Gasteiger partial charge in [0.1, 0.15) is 4.88 Å². The van der Waals surface area contributed by atoms with Crippen LogP contribution in [0.5, 0.6) is 0 Å². The molecule has 0 unspecified atom stereocenters. The van der Waals surface area contributed by atoms with E-state index in [1.807, 2.05) is 13.0 Å². The molecule has 0 bridgehead atoms. The van der Waals surface area contributed by atoms with Gasteiger partial charge in [0.15, 0.2) is 0 Å². The van der Waals surface area contributed by atoms with Crippen molar-refractivity contribution in [3.8, 4) is 0 Å². The summed E-state index contributed by atoms with van der Waals surface area (Å²) in [5.41, 5.74) is 0. The number of ether oxygens (including phenoxy) is 2. The molecule has 4 heteroatoms. The second kappa shape index (κ2) is 12.8. The summed E-state index contributed by atoms with van der Waals surface area (Å²) in [6.07, 6.45) is 5.16. The fraction of sp³-hybridized carbons (Fsp3) is 0.706. The van der Waals surface area contributed by atoms with Gasteiger partial charge in [-0.3, -0.25) is 0 Å². The van der Waals surface area contributed by atoms with Crippen molar-refractivity contribution in [3.63, 3.8) is 0 Å². The second-order valence-electron chi connectivity index (χ2n) is 5.07. The van der Waals surface area contributed by atoms with Crippen molar-refractivity contribution in [1.29, 1.82) is 0 Å². The van der Waals surface area contributed by atoms with E-state index in [9.17, 15) is 4.79 Å². The molecule has 122 valence electrons. The molecule has 0 radical (unpaired) electrons. The number of esters is 1. The smallest absolute Gasteiger partial charge is 0.348 e. The van der Waals surface area contributed by atoms with E-state index in [0.29, 0.717) is 4.88 Å². The normalized spacial score (nSPS) is 14.3. The molecule has 1 aromatic rings. The van der Waals surface area contributed by atoms with Crippen LogP contribution in [0.2, 0.25) is 0 Å². The molecule has 1 saturated heterocycles. The Bertz CT molecular complexity index is 368. The highest BCUT2D eigenvalue weighted by Crippen LogP contribution is 2.17. The lowest BCUT2D eigenvalue weighted by atomic mass is 9.98. The van der Waals surface area contributed by atoms with E-state index >= 15 is 0 Å². The molecular weight excluding hydrogens is 284 g/mol. The molecule has 1 aromatic heterocycles. The van der Waals surface area contributed by atoms with Crippen molar-refractivity contribution < 1.29 is 14.3 Å². The number of carbonyl (C=O) groups excluding carboxylic acids is 1. The monoisotopic (exact) mass is 314 g/mol. The number of hydrogen-bond donors (Lipinski definition) is 0. The minimum absolute atomic E-state index is 0.252. The van der Waals surface area contributed by atoms with E-state index in [-0.39, 0.29) is 5.97 Å². The topological polar surface area (TPSA) is 35.5 Å². The van der Waals surface area contributed by atoms with Gasteiger partial charge >= 0.3 is 5.97 Å². The van der Waals surface area contributed by atoms with E-state index in [2.05, 4.69) is 25.5 Å². The second-order valence-corrected chi connectivity index (χ2v) is 6.36. The molecule has 0 amide bonds. The molecule has 21 heavy (non-hydrogen) atoms. The SMILES string of the molecule is CCC.CCC1CCOCC1.COC(=O)c1ccc(C)s1. The Morgan fingerprint density at radius 3 is 2.19 bits per heavy atom. The van der Waals surface area contributed by atoms with Crippen molar-refractivity contribution in [2.75, 3.05) is 20.3 Å². The number of aryl methyl sites for hydroxylation is 1. The van der Waals surface area contributed by atoms with Crippen LogP contribution in [0, 0.1) is 12.8 Å². The number of methoxy groups -OCH3 is 1. The van der Waals surface area contributed by atoms with Crippen LogP contribution in [-0.4, -0.2) is 26.3 Å². The molecule has 0 aliphatic carbocycles. The molecule has 0 N–H and O–H groups in total. The summed E-state index contributed by atoms with van der Waals surface area (Å²) in [6.45, 7) is 10.5. The maximum Gasteiger partial charge on any atom is 0.348 e. The van der Waals surface area contributed by atoms with Gasteiger partial charge in [-0.05, 0) is 37.8 Å². The Morgan fingerprint density at radius 2 is 1.86 bits per heavy atom. The number of carbonyl (C=O) groups is 1.